The number of likely N-dealkylation sites (N-methyl/N-ethyl adjacent to an activating group) is 1. The molecule has 0 spiro atoms. The van der Waals surface area contributed by atoms with Gasteiger partial charge in [0.05, 0.1) is 23.3 Å². The number of nitrogens with one attached hydrogen (secondary N) is 2. The van der Waals surface area contributed by atoms with Crippen molar-refractivity contribution in [2.45, 2.75) is 0 Å². The van der Waals surface area contributed by atoms with Gasteiger partial charge in [0.15, 0.2) is 5.65 Å². The molecule has 1 aromatic carbocycles. The van der Waals surface area contributed by atoms with E-state index in [1.165, 1.54) is 11.1 Å². The van der Waals surface area contributed by atoms with Gasteiger partial charge < -0.3 is 19.7 Å². The van der Waals surface area contributed by atoms with Crippen LogP contribution in [0.5, 0.6) is 0 Å². The van der Waals surface area contributed by atoms with Crippen LogP contribution in [0.4, 0.5) is 11.4 Å². The van der Waals surface area contributed by atoms with Crippen molar-refractivity contribution in [3.05, 3.63) is 55.0 Å². The third-order valence-electron chi connectivity index (χ3n) is 6.74. The lowest BCUT2D eigenvalue weighted by atomic mass is 10.1. The molecule has 1 saturated heterocycles. The van der Waals surface area contributed by atoms with Crippen LogP contribution in [-0.2, 0) is 0 Å². The van der Waals surface area contributed by atoms with Crippen LogP contribution in [-0.4, -0.2) is 77.4 Å². The minimum absolute atomic E-state index is 0.702. The lowest BCUT2D eigenvalue weighted by Crippen LogP contribution is -2.44. The quantitative estimate of drug-likeness (QED) is 0.429. The second-order valence-electron chi connectivity index (χ2n) is 9.23. The summed E-state index contributed by atoms with van der Waals surface area (Å²) in [5.74, 6) is 0. The van der Waals surface area contributed by atoms with Gasteiger partial charge in [-0.3, -0.25) is 10.1 Å². The Morgan fingerprint density at radius 2 is 1.74 bits per heavy atom. The molecule has 172 valence electrons. The number of hydrogen-bond acceptors (Lipinski definition) is 6. The smallest absolute Gasteiger partial charge is 0.181 e. The number of anilines is 2. The molecule has 34 heavy (non-hydrogen) atoms. The minimum Gasteiger partial charge on any atom is -0.376 e. The molecule has 0 unspecified atom stereocenters. The first-order valence-corrected chi connectivity index (χ1v) is 11.6. The normalized spacial score (nSPS) is 14.9. The lowest BCUT2D eigenvalue weighted by Gasteiger charge is -2.34. The summed E-state index contributed by atoms with van der Waals surface area (Å²) in [6, 6.07) is 13.0. The zero-order chi connectivity index (χ0) is 23.2. The fourth-order valence-corrected chi connectivity index (χ4v) is 4.69. The molecule has 0 radical (unpaired) electrons. The molecule has 0 aliphatic carbocycles. The zero-order valence-corrected chi connectivity index (χ0v) is 19.7. The SMILES string of the molecule is CN1CCN(c2cccc3[nH]c(-c4[nH]nc5ncc(-c6cncc(N(C)C)c6)cc45)cc23)CC1. The van der Waals surface area contributed by atoms with E-state index >= 15 is 0 Å². The number of aromatic nitrogens is 5. The van der Waals surface area contributed by atoms with Crippen LogP contribution < -0.4 is 9.80 Å². The molecule has 0 saturated carbocycles. The van der Waals surface area contributed by atoms with E-state index < -0.39 is 0 Å². The number of nitrogens with zero attached hydrogens (tertiary/aromatic N) is 6. The summed E-state index contributed by atoms with van der Waals surface area (Å²) in [6.45, 7) is 4.24. The van der Waals surface area contributed by atoms with Crippen molar-refractivity contribution in [1.82, 2.24) is 30.0 Å². The Labute approximate surface area is 198 Å². The summed E-state index contributed by atoms with van der Waals surface area (Å²) in [5.41, 5.74) is 8.16. The standard InChI is InChI=1S/C26H28N8/c1-32(2)19-11-17(14-27-16-19)18-12-21-25(30-31-26(21)28-15-18)23-13-20-22(29-23)5-4-6-24(20)34-9-7-33(3)8-10-34/h4-6,11-16,29H,7-10H2,1-3H3,(H,28,30,31). The molecular formula is C26H28N8. The number of rotatable bonds is 4. The molecule has 4 aromatic heterocycles. The predicted molar refractivity (Wildman–Crippen MR) is 138 cm³/mol. The first kappa shape index (κ1) is 20.7. The van der Waals surface area contributed by atoms with Gasteiger partial charge in [-0.25, -0.2) is 4.98 Å². The Balaban J connectivity index is 1.42. The molecule has 2 N–H and O–H groups in total. The number of benzene rings is 1. The Morgan fingerprint density at radius 1 is 0.912 bits per heavy atom. The van der Waals surface area contributed by atoms with E-state index in [1.807, 2.05) is 37.6 Å². The van der Waals surface area contributed by atoms with Crippen LogP contribution in [0.25, 0.3) is 44.5 Å². The summed E-state index contributed by atoms with van der Waals surface area (Å²) >= 11 is 0. The average Bonchev–Trinajstić information content (AvgIpc) is 3.48. The van der Waals surface area contributed by atoms with Crippen molar-refractivity contribution in [3.8, 4) is 22.5 Å². The highest BCUT2D eigenvalue weighted by atomic mass is 15.2. The largest absolute Gasteiger partial charge is 0.376 e. The van der Waals surface area contributed by atoms with E-state index in [9.17, 15) is 0 Å². The highest BCUT2D eigenvalue weighted by molar-refractivity contribution is 6.00. The maximum absolute atomic E-state index is 4.62. The molecule has 1 aliphatic heterocycles. The molecule has 0 amide bonds. The Morgan fingerprint density at radius 3 is 2.56 bits per heavy atom. The van der Waals surface area contributed by atoms with Gasteiger partial charge >= 0.3 is 0 Å². The van der Waals surface area contributed by atoms with Crippen LogP contribution in [0.2, 0.25) is 0 Å². The summed E-state index contributed by atoms with van der Waals surface area (Å²) in [7, 11) is 6.22. The monoisotopic (exact) mass is 452 g/mol. The molecule has 8 heteroatoms. The predicted octanol–water partition coefficient (Wildman–Crippen LogP) is 3.99. The number of piperazine rings is 1. The Hall–Kier alpha value is -3.91. The molecule has 5 heterocycles. The van der Waals surface area contributed by atoms with E-state index in [1.54, 1.807) is 0 Å². The van der Waals surface area contributed by atoms with Gasteiger partial charge in [0.2, 0.25) is 0 Å². The van der Waals surface area contributed by atoms with Crippen molar-refractivity contribution in [3.63, 3.8) is 0 Å². The second-order valence-corrected chi connectivity index (χ2v) is 9.23. The maximum atomic E-state index is 4.62. The van der Waals surface area contributed by atoms with Crippen molar-refractivity contribution in [2.24, 2.45) is 0 Å². The molecule has 5 aromatic rings. The third-order valence-corrected chi connectivity index (χ3v) is 6.74. The van der Waals surface area contributed by atoms with Gasteiger partial charge in [0.25, 0.3) is 0 Å². The van der Waals surface area contributed by atoms with E-state index in [0.29, 0.717) is 5.65 Å². The number of H-pyrrole nitrogens is 2. The van der Waals surface area contributed by atoms with Crippen molar-refractivity contribution >= 4 is 33.3 Å². The van der Waals surface area contributed by atoms with Gasteiger partial charge in [-0.1, -0.05) is 6.07 Å². The maximum Gasteiger partial charge on any atom is 0.181 e. The van der Waals surface area contributed by atoms with Crippen molar-refractivity contribution in [1.29, 1.82) is 0 Å². The third kappa shape index (κ3) is 3.56. The number of aromatic amines is 2. The first-order valence-electron chi connectivity index (χ1n) is 11.6. The van der Waals surface area contributed by atoms with Gasteiger partial charge in [0.1, 0.15) is 0 Å². The van der Waals surface area contributed by atoms with E-state index in [4.69, 9.17) is 0 Å². The van der Waals surface area contributed by atoms with Crippen molar-refractivity contribution in [2.75, 3.05) is 57.1 Å². The summed E-state index contributed by atoms with van der Waals surface area (Å²) < 4.78 is 0. The molecule has 0 bridgehead atoms. The number of fused-ring (bicyclic) bond motifs is 2. The molecule has 1 aliphatic rings. The van der Waals surface area contributed by atoms with Gasteiger partial charge in [-0.05, 0) is 37.4 Å². The molecule has 1 fully saturated rings. The van der Waals surface area contributed by atoms with Gasteiger partial charge in [-0.2, -0.15) is 5.10 Å². The Kier molecular flexibility index (Phi) is 4.95. The van der Waals surface area contributed by atoms with Crippen molar-refractivity contribution < 1.29 is 0 Å². The number of pyridine rings is 2. The molecular weight excluding hydrogens is 424 g/mol. The van der Waals surface area contributed by atoms with Gasteiger partial charge in [-0.15, -0.1) is 0 Å². The topological polar surface area (TPSA) is 80.0 Å². The fraction of sp³-hybridized carbons (Fsp3) is 0.269. The van der Waals surface area contributed by atoms with Crippen LogP contribution in [0.1, 0.15) is 0 Å². The summed E-state index contributed by atoms with van der Waals surface area (Å²) in [5, 5.41) is 9.91. The zero-order valence-electron chi connectivity index (χ0n) is 19.7. The molecule has 6 rings (SSSR count). The highest BCUT2D eigenvalue weighted by Crippen LogP contribution is 2.34. The lowest BCUT2D eigenvalue weighted by molar-refractivity contribution is 0.313. The average molecular weight is 453 g/mol. The van der Waals surface area contributed by atoms with Gasteiger partial charge in [0, 0.05) is 85.8 Å². The van der Waals surface area contributed by atoms with E-state index in [-0.39, 0.29) is 0 Å². The minimum atomic E-state index is 0.702. The van der Waals surface area contributed by atoms with Crippen LogP contribution >= 0.6 is 0 Å². The Bertz CT molecular complexity index is 1470. The van der Waals surface area contributed by atoms with Crippen LogP contribution in [0.15, 0.2) is 55.0 Å². The molecule has 8 nitrogen and oxygen atoms in total. The second kappa shape index (κ2) is 8.14. The fourth-order valence-electron chi connectivity index (χ4n) is 4.69. The van der Waals surface area contributed by atoms with Crippen LogP contribution in [0.3, 0.4) is 0 Å². The van der Waals surface area contributed by atoms with E-state index in [0.717, 1.165) is 65.3 Å². The number of hydrogen-bond donors (Lipinski definition) is 2. The summed E-state index contributed by atoms with van der Waals surface area (Å²) in [4.78, 5) is 19.5. The van der Waals surface area contributed by atoms with Crippen LogP contribution in [0, 0.1) is 0 Å². The summed E-state index contributed by atoms with van der Waals surface area (Å²) in [6.07, 6.45) is 5.60. The highest BCUT2D eigenvalue weighted by Gasteiger charge is 2.19. The van der Waals surface area contributed by atoms with E-state index in [2.05, 4.69) is 78.4 Å². The molecule has 0 atom stereocenters. The first-order chi connectivity index (χ1) is 16.6.